The zero-order valence-corrected chi connectivity index (χ0v) is 8.67. The number of rotatable bonds is 5. The van der Waals surface area contributed by atoms with Gasteiger partial charge in [0.05, 0.1) is 0 Å². The number of amides is 1. The summed E-state index contributed by atoms with van der Waals surface area (Å²) in [6.45, 7) is 3.79. The van der Waals surface area contributed by atoms with Gasteiger partial charge in [0.1, 0.15) is 0 Å². The van der Waals surface area contributed by atoms with Gasteiger partial charge in [0.25, 0.3) is 0 Å². The summed E-state index contributed by atoms with van der Waals surface area (Å²) in [4.78, 5) is 21.7. The maximum atomic E-state index is 11.4. The summed E-state index contributed by atoms with van der Waals surface area (Å²) in [7, 11) is 0. The summed E-state index contributed by atoms with van der Waals surface area (Å²) in [5.41, 5.74) is 0.0000267. The second kappa shape index (κ2) is 3.98. The van der Waals surface area contributed by atoms with Crippen LogP contribution in [0.15, 0.2) is 0 Å². The third kappa shape index (κ3) is 3.77. The number of hydrogen-bond acceptors (Lipinski definition) is 2. The van der Waals surface area contributed by atoms with E-state index in [0.717, 1.165) is 12.8 Å². The molecule has 0 radical (unpaired) electrons. The normalized spacial score (nSPS) is 19.9. The Morgan fingerprint density at radius 1 is 1.43 bits per heavy atom. The van der Waals surface area contributed by atoms with Crippen LogP contribution in [0.5, 0.6) is 0 Å². The number of hydrogen-bond donors (Lipinski definition) is 2. The molecular weight excluding hydrogens is 182 g/mol. The maximum Gasteiger partial charge on any atom is 0.303 e. The van der Waals surface area contributed by atoms with Gasteiger partial charge in [-0.3, -0.25) is 9.59 Å². The van der Waals surface area contributed by atoms with Gasteiger partial charge in [-0.15, -0.1) is 0 Å². The van der Waals surface area contributed by atoms with E-state index in [9.17, 15) is 9.59 Å². The largest absolute Gasteiger partial charge is 0.481 e. The Hall–Kier alpha value is -1.06. The maximum absolute atomic E-state index is 11.4. The van der Waals surface area contributed by atoms with E-state index in [1.165, 1.54) is 0 Å². The average Bonchev–Trinajstić information content (AvgIpc) is 2.63. The Kier molecular flexibility index (Phi) is 3.13. The van der Waals surface area contributed by atoms with Crippen LogP contribution >= 0.6 is 0 Å². The van der Waals surface area contributed by atoms with Crippen molar-refractivity contribution >= 4 is 11.9 Å². The predicted molar refractivity (Wildman–Crippen MR) is 51.8 cm³/mol. The van der Waals surface area contributed by atoms with Crippen LogP contribution < -0.4 is 5.32 Å². The number of carbonyl (C=O) groups excluding carboxylic acids is 1. The molecule has 80 valence electrons. The van der Waals surface area contributed by atoms with Crippen LogP contribution in [0.2, 0.25) is 0 Å². The van der Waals surface area contributed by atoms with Crippen molar-refractivity contribution < 1.29 is 14.7 Å². The summed E-state index contributed by atoms with van der Waals surface area (Å²) < 4.78 is 0. The first kappa shape index (κ1) is 11.0. The van der Waals surface area contributed by atoms with Gasteiger partial charge in [-0.1, -0.05) is 6.92 Å². The Morgan fingerprint density at radius 3 is 2.43 bits per heavy atom. The number of carboxylic acids is 1. The van der Waals surface area contributed by atoms with Crippen LogP contribution in [0, 0.1) is 5.92 Å². The quantitative estimate of drug-likeness (QED) is 0.698. The highest BCUT2D eigenvalue weighted by atomic mass is 16.4. The first-order valence-corrected chi connectivity index (χ1v) is 4.94. The molecule has 0 aromatic carbocycles. The summed E-state index contributed by atoms with van der Waals surface area (Å²) in [6.07, 6.45) is 2.43. The standard InChI is InChI=1S/C10H17NO3/c1-7(6-9(13)14)5-8(12)11-10(2)3-4-10/h7H,3-6H2,1-2H3,(H,11,12)(H,13,14). The van der Waals surface area contributed by atoms with E-state index in [1.807, 2.05) is 6.92 Å². The lowest BCUT2D eigenvalue weighted by Gasteiger charge is -2.13. The van der Waals surface area contributed by atoms with Crippen LogP contribution in [0.25, 0.3) is 0 Å². The fraction of sp³-hybridized carbons (Fsp3) is 0.800. The Morgan fingerprint density at radius 2 is 2.00 bits per heavy atom. The molecule has 1 saturated carbocycles. The summed E-state index contributed by atoms with van der Waals surface area (Å²) in [6, 6.07) is 0. The van der Waals surface area contributed by atoms with E-state index < -0.39 is 5.97 Å². The first-order chi connectivity index (χ1) is 6.41. The molecule has 0 saturated heterocycles. The third-order valence-electron chi connectivity index (χ3n) is 2.50. The molecule has 4 nitrogen and oxygen atoms in total. The van der Waals surface area contributed by atoms with Crippen molar-refractivity contribution in [1.29, 1.82) is 0 Å². The van der Waals surface area contributed by atoms with E-state index in [4.69, 9.17) is 5.11 Å². The molecule has 1 aliphatic carbocycles. The van der Waals surface area contributed by atoms with E-state index >= 15 is 0 Å². The summed E-state index contributed by atoms with van der Waals surface area (Å²) >= 11 is 0. The van der Waals surface area contributed by atoms with Crippen molar-refractivity contribution in [1.82, 2.24) is 5.32 Å². The van der Waals surface area contributed by atoms with Gasteiger partial charge >= 0.3 is 5.97 Å². The molecule has 2 N–H and O–H groups in total. The van der Waals surface area contributed by atoms with Gasteiger partial charge in [0, 0.05) is 18.4 Å². The lowest BCUT2D eigenvalue weighted by atomic mass is 10.0. The molecule has 0 aliphatic heterocycles. The van der Waals surface area contributed by atoms with Crippen LogP contribution in [0.3, 0.4) is 0 Å². The van der Waals surface area contributed by atoms with Crippen molar-refractivity contribution in [2.24, 2.45) is 5.92 Å². The van der Waals surface area contributed by atoms with Gasteiger partial charge in [-0.25, -0.2) is 0 Å². The Labute approximate surface area is 83.7 Å². The van der Waals surface area contributed by atoms with Crippen LogP contribution in [0.1, 0.15) is 39.5 Å². The molecule has 1 amide bonds. The van der Waals surface area contributed by atoms with Crippen molar-refractivity contribution in [3.05, 3.63) is 0 Å². The number of nitrogens with one attached hydrogen (secondary N) is 1. The van der Waals surface area contributed by atoms with Gasteiger partial charge in [-0.05, 0) is 25.7 Å². The molecule has 4 heteroatoms. The molecule has 0 aromatic heterocycles. The average molecular weight is 199 g/mol. The number of carboxylic acid groups (broad SMARTS) is 1. The fourth-order valence-corrected chi connectivity index (χ4v) is 1.39. The van der Waals surface area contributed by atoms with Gasteiger partial charge in [0.15, 0.2) is 0 Å². The minimum absolute atomic E-state index is 0.0000267. The van der Waals surface area contributed by atoms with E-state index in [1.54, 1.807) is 6.92 Å². The third-order valence-corrected chi connectivity index (χ3v) is 2.50. The predicted octanol–water partition coefficient (Wildman–Crippen LogP) is 1.16. The van der Waals surface area contributed by atoms with Crippen LogP contribution in [-0.4, -0.2) is 22.5 Å². The van der Waals surface area contributed by atoms with Crippen LogP contribution in [0.4, 0.5) is 0 Å². The van der Waals surface area contributed by atoms with Crippen molar-refractivity contribution in [3.8, 4) is 0 Å². The summed E-state index contributed by atoms with van der Waals surface area (Å²) in [5.74, 6) is -0.962. The lowest BCUT2D eigenvalue weighted by molar-refractivity contribution is -0.138. The molecule has 1 atom stereocenters. The molecule has 1 fully saturated rings. The van der Waals surface area contributed by atoms with Gasteiger partial charge < -0.3 is 10.4 Å². The number of carbonyl (C=O) groups is 2. The lowest BCUT2D eigenvalue weighted by Crippen LogP contribution is -2.35. The van der Waals surface area contributed by atoms with E-state index in [0.29, 0.717) is 6.42 Å². The highest BCUT2D eigenvalue weighted by molar-refractivity contribution is 5.78. The Bertz CT molecular complexity index is 246. The van der Waals surface area contributed by atoms with Crippen molar-refractivity contribution in [2.75, 3.05) is 0 Å². The molecule has 0 bridgehead atoms. The molecule has 0 aromatic rings. The second-order valence-corrected chi connectivity index (χ2v) is 4.52. The molecule has 1 unspecified atom stereocenters. The van der Waals surface area contributed by atoms with E-state index in [2.05, 4.69) is 5.32 Å². The van der Waals surface area contributed by atoms with Gasteiger partial charge in [-0.2, -0.15) is 0 Å². The minimum Gasteiger partial charge on any atom is -0.481 e. The van der Waals surface area contributed by atoms with Gasteiger partial charge in [0.2, 0.25) is 5.91 Å². The number of aliphatic carboxylic acids is 1. The van der Waals surface area contributed by atoms with Crippen molar-refractivity contribution in [3.63, 3.8) is 0 Å². The zero-order chi connectivity index (χ0) is 10.8. The Balaban J connectivity index is 2.22. The second-order valence-electron chi connectivity index (χ2n) is 4.52. The first-order valence-electron chi connectivity index (χ1n) is 4.94. The molecule has 14 heavy (non-hydrogen) atoms. The SMILES string of the molecule is CC(CC(=O)O)CC(=O)NC1(C)CC1. The van der Waals surface area contributed by atoms with E-state index in [-0.39, 0.29) is 23.8 Å². The fourth-order valence-electron chi connectivity index (χ4n) is 1.39. The molecule has 1 rings (SSSR count). The molecule has 0 spiro atoms. The smallest absolute Gasteiger partial charge is 0.303 e. The zero-order valence-electron chi connectivity index (χ0n) is 8.67. The van der Waals surface area contributed by atoms with Crippen LogP contribution in [-0.2, 0) is 9.59 Å². The monoisotopic (exact) mass is 199 g/mol. The highest BCUT2D eigenvalue weighted by Crippen LogP contribution is 2.34. The molecule has 0 heterocycles. The highest BCUT2D eigenvalue weighted by Gasteiger charge is 2.38. The molecular formula is C10H17NO3. The van der Waals surface area contributed by atoms with Crippen molar-refractivity contribution in [2.45, 2.75) is 45.1 Å². The summed E-state index contributed by atoms with van der Waals surface area (Å²) in [5, 5.41) is 11.4. The topological polar surface area (TPSA) is 66.4 Å². The molecule has 1 aliphatic rings. The minimum atomic E-state index is -0.845.